The van der Waals surface area contributed by atoms with Crippen LogP contribution >= 0.6 is 24.0 Å². The van der Waals surface area contributed by atoms with Crippen LogP contribution in [0.1, 0.15) is 11.1 Å². The molecule has 0 aliphatic rings. The van der Waals surface area contributed by atoms with Gasteiger partial charge in [0.2, 0.25) is 0 Å². The molecule has 0 heterocycles. The first kappa shape index (κ1) is 27.5. The summed E-state index contributed by atoms with van der Waals surface area (Å²) in [5.41, 5.74) is 1.75. The molecule has 7 nitrogen and oxygen atoms in total. The van der Waals surface area contributed by atoms with Crippen molar-refractivity contribution in [1.29, 1.82) is 0 Å². The molecule has 178 valence electrons. The Morgan fingerprint density at radius 1 is 0.812 bits per heavy atom. The zero-order valence-electron chi connectivity index (χ0n) is 18.2. The van der Waals surface area contributed by atoms with Gasteiger partial charge in [0.25, 0.3) is 0 Å². The van der Waals surface area contributed by atoms with Crippen LogP contribution < -0.4 is 29.6 Å². The number of hydrogen-bond acceptors (Lipinski definition) is 5. The van der Waals surface area contributed by atoms with E-state index in [1.807, 2.05) is 18.2 Å². The number of alkyl halides is 3. The molecule has 0 spiro atoms. The van der Waals surface area contributed by atoms with Crippen LogP contribution in [-0.2, 0) is 13.1 Å². The topological polar surface area (TPSA) is 73.3 Å². The van der Waals surface area contributed by atoms with Crippen molar-refractivity contribution < 1.29 is 32.1 Å². The van der Waals surface area contributed by atoms with E-state index < -0.39 is 12.8 Å². The quantitative estimate of drug-likeness (QED) is 0.269. The fourth-order valence-corrected chi connectivity index (χ4v) is 2.68. The van der Waals surface area contributed by atoms with E-state index in [-0.39, 0.29) is 35.5 Å². The van der Waals surface area contributed by atoms with Crippen LogP contribution in [0, 0.1) is 0 Å². The summed E-state index contributed by atoms with van der Waals surface area (Å²) in [6.07, 6.45) is -4.42. The number of halogens is 4. The van der Waals surface area contributed by atoms with Crippen molar-refractivity contribution >= 4 is 29.9 Å². The summed E-state index contributed by atoms with van der Waals surface area (Å²) >= 11 is 0. The van der Waals surface area contributed by atoms with E-state index in [4.69, 9.17) is 18.9 Å². The first-order valence-corrected chi connectivity index (χ1v) is 9.31. The summed E-state index contributed by atoms with van der Waals surface area (Å²) in [6, 6.07) is 10.3. The Labute approximate surface area is 202 Å². The van der Waals surface area contributed by atoms with E-state index in [1.54, 1.807) is 33.4 Å². The second kappa shape index (κ2) is 13.1. The van der Waals surface area contributed by atoms with Gasteiger partial charge in [-0.3, -0.25) is 4.99 Å². The second-order valence-electron chi connectivity index (χ2n) is 6.36. The molecule has 0 aliphatic carbocycles. The lowest BCUT2D eigenvalue weighted by Crippen LogP contribution is -2.36. The lowest BCUT2D eigenvalue weighted by atomic mass is 10.2. The van der Waals surface area contributed by atoms with Gasteiger partial charge in [0.15, 0.2) is 35.6 Å². The number of nitrogens with one attached hydrogen (secondary N) is 2. The Kier molecular flexibility index (Phi) is 11.2. The van der Waals surface area contributed by atoms with Crippen molar-refractivity contribution in [2.75, 3.05) is 35.0 Å². The van der Waals surface area contributed by atoms with E-state index in [1.165, 1.54) is 13.2 Å². The number of ether oxygens (including phenoxy) is 4. The standard InChI is InChI=1S/C21H26F3N3O4.HI/c1-25-20(26-11-14-5-7-16(28-2)18(9-14)29-3)27-12-15-6-8-17(19(10-15)30-4)31-13-21(22,23)24;/h5-10H,11-13H2,1-4H3,(H2,25,26,27);1H. The molecule has 0 amide bonds. The third-order valence-corrected chi connectivity index (χ3v) is 4.21. The van der Waals surface area contributed by atoms with Crippen molar-refractivity contribution in [3.63, 3.8) is 0 Å². The maximum Gasteiger partial charge on any atom is 0.422 e. The van der Waals surface area contributed by atoms with Crippen molar-refractivity contribution in [3.05, 3.63) is 47.5 Å². The van der Waals surface area contributed by atoms with Gasteiger partial charge in [0.1, 0.15) is 0 Å². The molecule has 2 N–H and O–H groups in total. The molecule has 2 rings (SSSR count). The van der Waals surface area contributed by atoms with Crippen molar-refractivity contribution in [2.24, 2.45) is 4.99 Å². The minimum absolute atomic E-state index is 0. The number of rotatable bonds is 9. The van der Waals surface area contributed by atoms with E-state index >= 15 is 0 Å². The minimum Gasteiger partial charge on any atom is -0.493 e. The average molecular weight is 569 g/mol. The molecule has 0 unspecified atom stereocenters. The van der Waals surface area contributed by atoms with Gasteiger partial charge in [-0.15, -0.1) is 24.0 Å². The first-order valence-electron chi connectivity index (χ1n) is 9.31. The van der Waals surface area contributed by atoms with Crippen molar-refractivity contribution in [1.82, 2.24) is 10.6 Å². The van der Waals surface area contributed by atoms with Gasteiger partial charge < -0.3 is 29.6 Å². The summed E-state index contributed by atoms with van der Waals surface area (Å²) in [5, 5.41) is 6.32. The maximum absolute atomic E-state index is 12.4. The van der Waals surface area contributed by atoms with Crippen LogP contribution in [0.3, 0.4) is 0 Å². The molecule has 11 heteroatoms. The number of methoxy groups -OCH3 is 3. The van der Waals surface area contributed by atoms with Crippen LogP contribution in [0.25, 0.3) is 0 Å². The summed E-state index contributed by atoms with van der Waals surface area (Å²) in [7, 11) is 6.16. The van der Waals surface area contributed by atoms with E-state index in [0.29, 0.717) is 30.5 Å². The highest BCUT2D eigenvalue weighted by molar-refractivity contribution is 14.0. The molecule has 32 heavy (non-hydrogen) atoms. The van der Waals surface area contributed by atoms with Crippen LogP contribution in [0.4, 0.5) is 13.2 Å². The van der Waals surface area contributed by atoms with Gasteiger partial charge in [-0.1, -0.05) is 12.1 Å². The molecular formula is C21H27F3IN3O4. The van der Waals surface area contributed by atoms with Crippen LogP contribution in [0.5, 0.6) is 23.0 Å². The molecule has 0 radical (unpaired) electrons. The monoisotopic (exact) mass is 569 g/mol. The molecule has 0 saturated heterocycles. The SMILES string of the molecule is CN=C(NCc1ccc(OC)c(OC)c1)NCc1ccc(OCC(F)(F)F)c(OC)c1.I. The largest absolute Gasteiger partial charge is 0.493 e. The fourth-order valence-electron chi connectivity index (χ4n) is 2.68. The Balaban J connectivity index is 0.00000512. The number of aliphatic imine (C=N–C) groups is 1. The molecule has 0 fully saturated rings. The van der Waals surface area contributed by atoms with Gasteiger partial charge in [0.05, 0.1) is 21.3 Å². The zero-order chi connectivity index (χ0) is 22.9. The van der Waals surface area contributed by atoms with E-state index in [2.05, 4.69) is 15.6 Å². The summed E-state index contributed by atoms with van der Waals surface area (Å²) in [6.45, 7) is -0.511. The molecule has 2 aromatic rings. The average Bonchev–Trinajstić information content (AvgIpc) is 2.77. The van der Waals surface area contributed by atoms with Gasteiger partial charge in [-0.25, -0.2) is 0 Å². The summed E-state index contributed by atoms with van der Waals surface area (Å²) in [4.78, 5) is 4.17. The Morgan fingerprint density at radius 3 is 1.72 bits per heavy atom. The van der Waals surface area contributed by atoms with E-state index in [9.17, 15) is 13.2 Å². The predicted octanol–water partition coefficient (Wildman–Crippen LogP) is 4.14. The Hall–Kier alpha value is -2.57. The Bertz CT molecular complexity index is 895. The fraction of sp³-hybridized carbons (Fsp3) is 0.381. The molecule has 0 atom stereocenters. The summed E-state index contributed by atoms with van der Waals surface area (Å²) < 4.78 is 57.6. The summed E-state index contributed by atoms with van der Waals surface area (Å²) in [5.74, 6) is 2.07. The maximum atomic E-state index is 12.4. The van der Waals surface area contributed by atoms with Crippen LogP contribution in [-0.4, -0.2) is 47.1 Å². The van der Waals surface area contributed by atoms with Gasteiger partial charge >= 0.3 is 6.18 Å². The molecule has 0 aliphatic heterocycles. The van der Waals surface area contributed by atoms with Crippen LogP contribution in [0.2, 0.25) is 0 Å². The second-order valence-corrected chi connectivity index (χ2v) is 6.36. The highest BCUT2D eigenvalue weighted by Gasteiger charge is 2.29. The molecule has 0 bridgehead atoms. The van der Waals surface area contributed by atoms with Crippen LogP contribution in [0.15, 0.2) is 41.4 Å². The van der Waals surface area contributed by atoms with E-state index in [0.717, 1.165) is 11.1 Å². The lowest BCUT2D eigenvalue weighted by molar-refractivity contribution is -0.153. The smallest absolute Gasteiger partial charge is 0.422 e. The van der Waals surface area contributed by atoms with Gasteiger partial charge in [-0.2, -0.15) is 13.2 Å². The minimum atomic E-state index is -4.42. The molecule has 0 saturated carbocycles. The zero-order valence-corrected chi connectivity index (χ0v) is 20.5. The number of benzene rings is 2. The number of nitrogens with zero attached hydrogens (tertiary/aromatic N) is 1. The highest BCUT2D eigenvalue weighted by atomic mass is 127. The third-order valence-electron chi connectivity index (χ3n) is 4.21. The normalized spacial score (nSPS) is 11.3. The third kappa shape index (κ3) is 8.52. The van der Waals surface area contributed by atoms with Gasteiger partial charge in [0, 0.05) is 20.1 Å². The van der Waals surface area contributed by atoms with Crippen molar-refractivity contribution in [3.8, 4) is 23.0 Å². The Morgan fingerprint density at radius 2 is 1.28 bits per heavy atom. The van der Waals surface area contributed by atoms with Crippen molar-refractivity contribution in [2.45, 2.75) is 19.3 Å². The molecule has 0 aromatic heterocycles. The number of hydrogen-bond donors (Lipinski definition) is 2. The first-order chi connectivity index (χ1) is 14.8. The number of guanidine groups is 1. The highest BCUT2D eigenvalue weighted by Crippen LogP contribution is 2.30. The van der Waals surface area contributed by atoms with Gasteiger partial charge in [-0.05, 0) is 35.4 Å². The molecule has 2 aromatic carbocycles. The molecular weight excluding hydrogens is 542 g/mol. The predicted molar refractivity (Wildman–Crippen MR) is 127 cm³/mol. The lowest BCUT2D eigenvalue weighted by Gasteiger charge is -2.15.